The molecule has 0 aliphatic carbocycles. The average molecular weight is 230 g/mol. The van der Waals surface area contributed by atoms with Crippen molar-refractivity contribution in [2.24, 2.45) is 5.73 Å². The highest BCUT2D eigenvalue weighted by atomic mass is 32.2. The van der Waals surface area contributed by atoms with Gasteiger partial charge in [-0.2, -0.15) is 0 Å². The molecule has 0 spiro atoms. The molecule has 0 aromatic carbocycles. The molecule has 0 atom stereocenters. The van der Waals surface area contributed by atoms with E-state index in [4.69, 9.17) is 5.73 Å². The van der Waals surface area contributed by atoms with Crippen molar-refractivity contribution in [3.8, 4) is 0 Å². The molecule has 15 heavy (non-hydrogen) atoms. The van der Waals surface area contributed by atoms with E-state index in [1.807, 2.05) is 13.8 Å². The van der Waals surface area contributed by atoms with E-state index in [1.165, 1.54) is 16.7 Å². The molecule has 2 N–H and O–H groups in total. The SMILES string of the molecule is CCC(CC)(CN)N1C(=O)CSCC1=O. The zero-order valence-corrected chi connectivity index (χ0v) is 10.1. The van der Waals surface area contributed by atoms with Gasteiger partial charge in [-0.15, -0.1) is 11.8 Å². The van der Waals surface area contributed by atoms with Crippen LogP contribution in [0.4, 0.5) is 0 Å². The van der Waals surface area contributed by atoms with Crippen LogP contribution in [0.25, 0.3) is 0 Å². The lowest BCUT2D eigenvalue weighted by atomic mass is 9.90. The topological polar surface area (TPSA) is 63.4 Å². The maximum Gasteiger partial charge on any atom is 0.239 e. The van der Waals surface area contributed by atoms with E-state index in [9.17, 15) is 9.59 Å². The Bertz CT molecular complexity index is 240. The van der Waals surface area contributed by atoms with Crippen molar-refractivity contribution in [2.75, 3.05) is 18.1 Å². The first-order chi connectivity index (χ1) is 7.11. The molecule has 1 saturated heterocycles. The molecular formula is C10H18N2O2S. The van der Waals surface area contributed by atoms with Gasteiger partial charge in [-0.05, 0) is 12.8 Å². The Morgan fingerprint density at radius 1 is 1.27 bits per heavy atom. The summed E-state index contributed by atoms with van der Waals surface area (Å²) in [6.45, 7) is 4.29. The number of nitrogens with two attached hydrogens (primary N) is 1. The van der Waals surface area contributed by atoms with E-state index in [-0.39, 0.29) is 11.8 Å². The third-order valence-corrected chi connectivity index (χ3v) is 4.02. The number of carbonyl (C=O) groups is 2. The lowest BCUT2D eigenvalue weighted by Gasteiger charge is -2.42. The molecule has 0 saturated carbocycles. The summed E-state index contributed by atoms with van der Waals surface area (Å²) < 4.78 is 0. The molecular weight excluding hydrogens is 212 g/mol. The van der Waals surface area contributed by atoms with E-state index in [0.29, 0.717) is 18.1 Å². The maximum atomic E-state index is 11.8. The number of hydrogen-bond donors (Lipinski definition) is 1. The fraction of sp³-hybridized carbons (Fsp3) is 0.800. The lowest BCUT2D eigenvalue weighted by Crippen LogP contribution is -2.60. The van der Waals surface area contributed by atoms with Gasteiger partial charge in [0.05, 0.1) is 17.0 Å². The van der Waals surface area contributed by atoms with Crippen molar-refractivity contribution in [1.29, 1.82) is 0 Å². The molecule has 2 amide bonds. The highest BCUT2D eigenvalue weighted by molar-refractivity contribution is 8.00. The smallest absolute Gasteiger partial charge is 0.239 e. The number of hydrogen-bond acceptors (Lipinski definition) is 4. The van der Waals surface area contributed by atoms with Crippen LogP contribution in [0.1, 0.15) is 26.7 Å². The van der Waals surface area contributed by atoms with Gasteiger partial charge in [0.2, 0.25) is 11.8 Å². The van der Waals surface area contributed by atoms with Crippen molar-refractivity contribution < 1.29 is 9.59 Å². The summed E-state index contributed by atoms with van der Waals surface area (Å²) in [5.74, 6) is 0.608. The molecule has 1 aliphatic heterocycles. The molecule has 4 nitrogen and oxygen atoms in total. The van der Waals surface area contributed by atoms with Crippen LogP contribution in [0.3, 0.4) is 0 Å². The summed E-state index contributed by atoms with van der Waals surface area (Å²) in [6, 6.07) is 0. The molecule has 0 radical (unpaired) electrons. The number of imide groups is 1. The Labute approximate surface area is 94.6 Å². The fourth-order valence-electron chi connectivity index (χ4n) is 1.97. The Kier molecular flexibility index (Phi) is 4.16. The molecule has 0 aromatic rings. The predicted octanol–water partition coefficient (Wildman–Crippen LogP) is 0.606. The quantitative estimate of drug-likeness (QED) is 0.719. The van der Waals surface area contributed by atoms with Crippen molar-refractivity contribution in [3.05, 3.63) is 0 Å². The summed E-state index contributed by atoms with van der Waals surface area (Å²) in [7, 11) is 0. The highest BCUT2D eigenvalue weighted by Gasteiger charge is 2.41. The summed E-state index contributed by atoms with van der Waals surface area (Å²) >= 11 is 1.38. The van der Waals surface area contributed by atoms with Crippen LogP contribution in [0.2, 0.25) is 0 Å². The van der Waals surface area contributed by atoms with Crippen molar-refractivity contribution in [1.82, 2.24) is 4.90 Å². The van der Waals surface area contributed by atoms with Gasteiger partial charge >= 0.3 is 0 Å². The summed E-state index contributed by atoms with van der Waals surface area (Å²) in [5.41, 5.74) is 5.27. The van der Waals surface area contributed by atoms with E-state index in [1.54, 1.807) is 0 Å². The highest BCUT2D eigenvalue weighted by Crippen LogP contribution is 2.27. The second kappa shape index (κ2) is 4.99. The second-order valence-electron chi connectivity index (χ2n) is 3.75. The number of thioether (sulfide) groups is 1. The first-order valence-corrected chi connectivity index (χ1v) is 6.40. The van der Waals surface area contributed by atoms with Gasteiger partial charge in [-0.25, -0.2) is 0 Å². The lowest BCUT2D eigenvalue weighted by molar-refractivity contribution is -0.149. The van der Waals surface area contributed by atoms with E-state index >= 15 is 0 Å². The number of nitrogens with zero attached hydrogens (tertiary/aromatic N) is 1. The van der Waals surface area contributed by atoms with Gasteiger partial charge in [0.15, 0.2) is 0 Å². The third kappa shape index (κ3) is 2.18. The fourth-order valence-corrected chi connectivity index (χ4v) is 2.68. The van der Waals surface area contributed by atoms with Crippen LogP contribution < -0.4 is 5.73 Å². The second-order valence-corrected chi connectivity index (χ2v) is 4.74. The third-order valence-electron chi connectivity index (χ3n) is 3.12. The Morgan fingerprint density at radius 2 is 1.73 bits per heavy atom. The molecule has 0 unspecified atom stereocenters. The van der Waals surface area contributed by atoms with Crippen LogP contribution >= 0.6 is 11.8 Å². The Balaban J connectivity index is 2.98. The van der Waals surface area contributed by atoms with Crippen molar-refractivity contribution in [2.45, 2.75) is 32.2 Å². The molecule has 5 heteroatoms. The molecule has 1 rings (SSSR count). The van der Waals surface area contributed by atoms with Gasteiger partial charge in [0, 0.05) is 6.54 Å². The van der Waals surface area contributed by atoms with Crippen molar-refractivity contribution in [3.63, 3.8) is 0 Å². The predicted molar refractivity (Wildman–Crippen MR) is 61.5 cm³/mol. The number of rotatable bonds is 4. The molecule has 1 heterocycles. The van der Waals surface area contributed by atoms with Crippen LogP contribution in [-0.2, 0) is 9.59 Å². The van der Waals surface area contributed by atoms with E-state index in [2.05, 4.69) is 0 Å². The van der Waals surface area contributed by atoms with Crippen molar-refractivity contribution >= 4 is 23.6 Å². The van der Waals surface area contributed by atoms with Crippen LogP contribution in [0.15, 0.2) is 0 Å². The first-order valence-electron chi connectivity index (χ1n) is 5.25. The minimum atomic E-state index is -0.463. The van der Waals surface area contributed by atoms with Gasteiger partial charge in [0.1, 0.15) is 0 Å². The van der Waals surface area contributed by atoms with Gasteiger partial charge < -0.3 is 5.73 Å². The van der Waals surface area contributed by atoms with E-state index < -0.39 is 5.54 Å². The standard InChI is InChI=1S/C10H18N2O2S/c1-3-10(4-2,7-11)12-8(13)5-15-6-9(12)14/h3-7,11H2,1-2H3. The van der Waals surface area contributed by atoms with Crippen LogP contribution in [-0.4, -0.2) is 40.3 Å². The molecule has 1 fully saturated rings. The normalized spacial score (nSPS) is 18.5. The van der Waals surface area contributed by atoms with Crippen LogP contribution in [0, 0.1) is 0 Å². The molecule has 0 aromatic heterocycles. The van der Waals surface area contributed by atoms with Gasteiger partial charge in [-0.1, -0.05) is 13.8 Å². The maximum absolute atomic E-state index is 11.8. The molecule has 1 aliphatic rings. The minimum absolute atomic E-state index is 0.0922. The number of amides is 2. The van der Waals surface area contributed by atoms with Gasteiger partial charge in [0.25, 0.3) is 0 Å². The zero-order chi connectivity index (χ0) is 11.5. The van der Waals surface area contributed by atoms with Crippen LogP contribution in [0.5, 0.6) is 0 Å². The molecule has 86 valence electrons. The summed E-state index contributed by atoms with van der Waals surface area (Å²) in [5, 5.41) is 0. The number of carbonyl (C=O) groups excluding carboxylic acids is 2. The monoisotopic (exact) mass is 230 g/mol. The van der Waals surface area contributed by atoms with E-state index in [0.717, 1.165) is 12.8 Å². The summed E-state index contributed by atoms with van der Waals surface area (Å²) in [6.07, 6.45) is 1.45. The minimum Gasteiger partial charge on any atom is -0.328 e. The molecule has 0 bridgehead atoms. The summed E-state index contributed by atoms with van der Waals surface area (Å²) in [4.78, 5) is 24.9. The largest absolute Gasteiger partial charge is 0.328 e. The Morgan fingerprint density at radius 3 is 2.07 bits per heavy atom. The zero-order valence-electron chi connectivity index (χ0n) is 9.28. The Hall–Kier alpha value is -0.550. The average Bonchev–Trinajstić information content (AvgIpc) is 2.24. The first kappa shape index (κ1) is 12.5. The van der Waals surface area contributed by atoms with Gasteiger partial charge in [-0.3, -0.25) is 14.5 Å².